The molecular formula is C16H21F3N4O3S. The summed E-state index contributed by atoms with van der Waals surface area (Å²) in [6.07, 6.45) is -3.09. The van der Waals surface area contributed by atoms with E-state index in [-0.39, 0.29) is 0 Å². The number of hydrogen-bond donors (Lipinski definition) is 1. The lowest BCUT2D eigenvalue weighted by Gasteiger charge is -2.32. The van der Waals surface area contributed by atoms with Crippen LogP contribution < -0.4 is 0 Å². The second-order valence-corrected chi connectivity index (χ2v) is 7.10. The summed E-state index contributed by atoms with van der Waals surface area (Å²) in [7, 11) is 3.78. The minimum Gasteiger partial charge on any atom is -0.475 e. The smallest absolute Gasteiger partial charge is 0.475 e. The Balaban J connectivity index is 0.000000321. The Hall–Kier alpha value is -1.98. The van der Waals surface area contributed by atoms with Crippen LogP contribution in [0.15, 0.2) is 11.7 Å². The Kier molecular flexibility index (Phi) is 6.95. The fourth-order valence-electron chi connectivity index (χ4n) is 2.85. The third-order valence-corrected chi connectivity index (χ3v) is 5.13. The number of halogens is 3. The maximum Gasteiger partial charge on any atom is 0.490 e. The first-order chi connectivity index (χ1) is 12.6. The SMILES string of the molecule is COCC1CN(Cc2scnc2C)Cc2c1cnn2C.O=C(O)C(F)(F)F. The molecule has 0 fully saturated rings. The molecule has 0 saturated carbocycles. The van der Waals surface area contributed by atoms with E-state index in [1.165, 1.54) is 16.1 Å². The zero-order valence-electron chi connectivity index (χ0n) is 15.2. The van der Waals surface area contributed by atoms with Crippen LogP contribution in [0.4, 0.5) is 13.2 Å². The quantitative estimate of drug-likeness (QED) is 0.841. The summed E-state index contributed by atoms with van der Waals surface area (Å²) >= 11 is 1.74. The average molecular weight is 406 g/mol. The van der Waals surface area contributed by atoms with Gasteiger partial charge in [-0.1, -0.05) is 0 Å². The van der Waals surface area contributed by atoms with Crippen molar-refractivity contribution < 1.29 is 27.8 Å². The van der Waals surface area contributed by atoms with Crippen molar-refractivity contribution in [2.45, 2.75) is 32.1 Å². The highest BCUT2D eigenvalue weighted by atomic mass is 32.1. The fraction of sp³-hybridized carbons (Fsp3) is 0.562. The Morgan fingerprint density at radius 2 is 2.15 bits per heavy atom. The van der Waals surface area contributed by atoms with Gasteiger partial charge >= 0.3 is 12.1 Å². The molecule has 2 aromatic heterocycles. The van der Waals surface area contributed by atoms with Crippen LogP contribution in [0, 0.1) is 6.92 Å². The summed E-state index contributed by atoms with van der Waals surface area (Å²) in [5.41, 5.74) is 5.72. The van der Waals surface area contributed by atoms with Gasteiger partial charge in [-0.15, -0.1) is 11.3 Å². The van der Waals surface area contributed by atoms with E-state index in [2.05, 4.69) is 21.9 Å². The molecule has 0 bridgehead atoms. The molecule has 1 unspecified atom stereocenters. The number of ether oxygens (including phenoxy) is 1. The summed E-state index contributed by atoms with van der Waals surface area (Å²) < 4.78 is 39.1. The van der Waals surface area contributed by atoms with Crippen LogP contribution in [0.25, 0.3) is 0 Å². The fourth-order valence-corrected chi connectivity index (χ4v) is 3.66. The minimum atomic E-state index is -5.08. The molecule has 27 heavy (non-hydrogen) atoms. The molecule has 0 saturated heterocycles. The van der Waals surface area contributed by atoms with E-state index >= 15 is 0 Å². The molecule has 0 radical (unpaired) electrons. The van der Waals surface area contributed by atoms with Gasteiger partial charge in [0, 0.05) is 50.2 Å². The highest BCUT2D eigenvalue weighted by molar-refractivity contribution is 7.09. The van der Waals surface area contributed by atoms with E-state index in [0.717, 1.165) is 31.9 Å². The normalized spacial score (nSPS) is 17.2. The second-order valence-electron chi connectivity index (χ2n) is 6.16. The predicted octanol–water partition coefficient (Wildman–Crippen LogP) is 2.56. The van der Waals surface area contributed by atoms with E-state index in [0.29, 0.717) is 5.92 Å². The minimum absolute atomic E-state index is 0.408. The Bertz CT molecular complexity index is 775. The van der Waals surface area contributed by atoms with Gasteiger partial charge in [0.1, 0.15) is 0 Å². The first-order valence-corrected chi connectivity index (χ1v) is 8.92. The Morgan fingerprint density at radius 1 is 1.48 bits per heavy atom. The van der Waals surface area contributed by atoms with Gasteiger partial charge in [0.15, 0.2) is 0 Å². The number of aliphatic carboxylic acids is 1. The van der Waals surface area contributed by atoms with Crippen LogP contribution in [0.1, 0.15) is 27.7 Å². The second kappa shape index (κ2) is 8.81. The highest BCUT2D eigenvalue weighted by Crippen LogP contribution is 2.29. The highest BCUT2D eigenvalue weighted by Gasteiger charge is 2.38. The molecule has 7 nitrogen and oxygen atoms in total. The molecule has 150 valence electrons. The first-order valence-electron chi connectivity index (χ1n) is 8.04. The van der Waals surface area contributed by atoms with E-state index < -0.39 is 12.1 Å². The van der Waals surface area contributed by atoms with E-state index in [1.807, 2.05) is 23.4 Å². The zero-order chi connectivity index (χ0) is 20.2. The number of hydrogen-bond acceptors (Lipinski definition) is 6. The topological polar surface area (TPSA) is 80.5 Å². The Labute approximate surface area is 158 Å². The number of aromatic nitrogens is 3. The lowest BCUT2D eigenvalue weighted by molar-refractivity contribution is -0.192. The number of methoxy groups -OCH3 is 1. The number of aryl methyl sites for hydroxylation is 2. The number of nitrogens with zero attached hydrogens (tertiary/aromatic N) is 4. The molecule has 2 aromatic rings. The summed E-state index contributed by atoms with van der Waals surface area (Å²) in [5, 5.41) is 11.5. The van der Waals surface area contributed by atoms with Gasteiger partial charge in [-0.2, -0.15) is 18.3 Å². The monoisotopic (exact) mass is 406 g/mol. The molecular weight excluding hydrogens is 385 g/mol. The molecule has 3 heterocycles. The maximum atomic E-state index is 10.6. The van der Waals surface area contributed by atoms with E-state index in [4.69, 9.17) is 14.6 Å². The lowest BCUT2D eigenvalue weighted by atomic mass is 9.95. The van der Waals surface area contributed by atoms with Crippen LogP contribution >= 0.6 is 11.3 Å². The van der Waals surface area contributed by atoms with E-state index in [9.17, 15) is 13.2 Å². The predicted molar refractivity (Wildman–Crippen MR) is 92.5 cm³/mol. The van der Waals surface area contributed by atoms with Crippen molar-refractivity contribution in [3.05, 3.63) is 33.5 Å². The molecule has 0 spiro atoms. The van der Waals surface area contributed by atoms with Gasteiger partial charge in [0.05, 0.1) is 29.7 Å². The van der Waals surface area contributed by atoms with Crippen LogP contribution in [0.3, 0.4) is 0 Å². The molecule has 0 aliphatic carbocycles. The zero-order valence-corrected chi connectivity index (χ0v) is 16.0. The van der Waals surface area contributed by atoms with Gasteiger partial charge < -0.3 is 9.84 Å². The van der Waals surface area contributed by atoms with E-state index in [1.54, 1.807) is 18.4 Å². The largest absolute Gasteiger partial charge is 0.490 e. The van der Waals surface area contributed by atoms with Crippen molar-refractivity contribution in [2.24, 2.45) is 7.05 Å². The molecule has 11 heteroatoms. The number of carboxylic acids is 1. The molecule has 0 aromatic carbocycles. The van der Waals surface area contributed by atoms with Crippen molar-refractivity contribution in [3.8, 4) is 0 Å². The molecule has 1 N–H and O–H groups in total. The first kappa shape index (κ1) is 21.3. The number of fused-ring (bicyclic) bond motifs is 1. The molecule has 1 atom stereocenters. The number of alkyl halides is 3. The van der Waals surface area contributed by atoms with Crippen molar-refractivity contribution >= 4 is 17.3 Å². The third kappa shape index (κ3) is 5.50. The molecule has 1 aliphatic heterocycles. The van der Waals surface area contributed by atoms with Crippen molar-refractivity contribution in [1.82, 2.24) is 19.7 Å². The molecule has 1 aliphatic rings. The number of carbonyl (C=O) groups is 1. The number of carboxylic acid groups (broad SMARTS) is 1. The van der Waals surface area contributed by atoms with Crippen molar-refractivity contribution in [2.75, 3.05) is 20.3 Å². The average Bonchev–Trinajstić information content (AvgIpc) is 3.14. The summed E-state index contributed by atoms with van der Waals surface area (Å²) in [6.45, 7) is 5.75. The van der Waals surface area contributed by atoms with Crippen LogP contribution in [0.2, 0.25) is 0 Å². The van der Waals surface area contributed by atoms with Crippen molar-refractivity contribution in [3.63, 3.8) is 0 Å². The van der Waals surface area contributed by atoms with Crippen molar-refractivity contribution in [1.29, 1.82) is 0 Å². The van der Waals surface area contributed by atoms with Gasteiger partial charge in [0.25, 0.3) is 0 Å². The Morgan fingerprint density at radius 3 is 2.67 bits per heavy atom. The molecule has 0 amide bonds. The standard InChI is InChI=1S/C14H20N4OS.C2HF3O2/c1-10-14(20-9-15-10)7-18-5-11(8-19-3)12-4-16-17(2)13(12)6-18;3-2(4,5)1(6)7/h4,9,11H,5-8H2,1-3H3;(H,6,7). The van der Waals surface area contributed by atoms with Crippen LogP contribution in [-0.2, 0) is 29.7 Å². The summed E-state index contributed by atoms with van der Waals surface area (Å²) in [4.78, 5) is 17.1. The summed E-state index contributed by atoms with van der Waals surface area (Å²) in [5.74, 6) is -2.35. The van der Waals surface area contributed by atoms with Gasteiger partial charge in [0.2, 0.25) is 0 Å². The maximum absolute atomic E-state index is 10.6. The lowest BCUT2D eigenvalue weighted by Crippen LogP contribution is -2.35. The molecule has 3 rings (SSSR count). The third-order valence-electron chi connectivity index (χ3n) is 4.21. The van der Waals surface area contributed by atoms with Gasteiger partial charge in [-0.25, -0.2) is 9.78 Å². The summed E-state index contributed by atoms with van der Waals surface area (Å²) in [6, 6.07) is 0. The van der Waals surface area contributed by atoms with Crippen LogP contribution in [0.5, 0.6) is 0 Å². The van der Waals surface area contributed by atoms with Gasteiger partial charge in [-0.3, -0.25) is 9.58 Å². The van der Waals surface area contributed by atoms with Gasteiger partial charge in [-0.05, 0) is 6.92 Å². The van der Waals surface area contributed by atoms with Crippen LogP contribution in [-0.4, -0.2) is 57.2 Å². The number of thiazole rings is 1. The number of rotatable bonds is 4.